The van der Waals surface area contributed by atoms with Crippen molar-refractivity contribution >= 4 is 28.8 Å². The highest BCUT2D eigenvalue weighted by molar-refractivity contribution is 7.80. The minimum absolute atomic E-state index is 0.131. The van der Waals surface area contributed by atoms with Gasteiger partial charge in [0.2, 0.25) is 0 Å². The Hall–Kier alpha value is -1.05. The highest BCUT2D eigenvalue weighted by Crippen LogP contribution is 2.22. The first-order valence-corrected chi connectivity index (χ1v) is 5.51. The van der Waals surface area contributed by atoms with Crippen molar-refractivity contribution in [3.8, 4) is 5.75 Å². The average Bonchev–Trinajstić information content (AvgIpc) is 2.22. The zero-order valence-corrected chi connectivity index (χ0v) is 10.5. The van der Waals surface area contributed by atoms with Gasteiger partial charge in [0.05, 0.1) is 11.6 Å². The molecule has 3 nitrogen and oxygen atoms in total. The Bertz CT molecular complexity index is 440. The van der Waals surface area contributed by atoms with Gasteiger partial charge in [-0.2, -0.15) is 0 Å². The quantitative estimate of drug-likeness (QED) is 0.671. The Balaban J connectivity index is 2.49. The standard InChI is InChI=1S/C10H9ClF3NO2S/c11-8-5-6(1-2-7(8)9(15)18)16-3-4-17-10(12,13)14/h1-2,5H,3-4H2,(H2,15,18). The van der Waals surface area contributed by atoms with Gasteiger partial charge in [-0.1, -0.05) is 23.8 Å². The smallest absolute Gasteiger partial charge is 0.491 e. The molecule has 18 heavy (non-hydrogen) atoms. The van der Waals surface area contributed by atoms with E-state index in [-0.39, 0.29) is 16.6 Å². The molecule has 0 spiro atoms. The topological polar surface area (TPSA) is 44.5 Å². The van der Waals surface area contributed by atoms with E-state index in [1.807, 2.05) is 0 Å². The number of ether oxygens (including phenoxy) is 2. The molecular weight excluding hydrogens is 291 g/mol. The highest BCUT2D eigenvalue weighted by atomic mass is 35.5. The molecule has 0 aromatic heterocycles. The summed E-state index contributed by atoms with van der Waals surface area (Å²) >= 11 is 10.6. The Morgan fingerprint density at radius 3 is 2.50 bits per heavy atom. The van der Waals surface area contributed by atoms with Gasteiger partial charge in [-0.05, 0) is 18.2 Å². The van der Waals surface area contributed by atoms with E-state index < -0.39 is 13.0 Å². The molecule has 8 heteroatoms. The lowest BCUT2D eigenvalue weighted by Crippen LogP contribution is -2.18. The van der Waals surface area contributed by atoms with Crippen LogP contribution in [0.5, 0.6) is 5.75 Å². The molecule has 2 N–H and O–H groups in total. The van der Waals surface area contributed by atoms with Crippen molar-refractivity contribution in [3.63, 3.8) is 0 Å². The van der Waals surface area contributed by atoms with Crippen LogP contribution in [0, 0.1) is 0 Å². The zero-order valence-electron chi connectivity index (χ0n) is 8.96. The van der Waals surface area contributed by atoms with Crippen LogP contribution in [-0.2, 0) is 4.74 Å². The molecule has 0 atom stereocenters. The van der Waals surface area contributed by atoms with Gasteiger partial charge in [-0.15, -0.1) is 13.2 Å². The Morgan fingerprint density at radius 2 is 2.00 bits per heavy atom. The molecule has 1 aromatic rings. The molecular formula is C10H9ClF3NO2S. The molecule has 1 rings (SSSR count). The lowest BCUT2D eigenvalue weighted by molar-refractivity contribution is -0.325. The van der Waals surface area contributed by atoms with Gasteiger partial charge in [-0.25, -0.2) is 0 Å². The maximum Gasteiger partial charge on any atom is 0.522 e. The van der Waals surface area contributed by atoms with E-state index in [2.05, 4.69) is 4.74 Å². The second kappa shape index (κ2) is 6.21. The summed E-state index contributed by atoms with van der Waals surface area (Å²) in [6.45, 7) is -0.847. The lowest BCUT2D eigenvalue weighted by Gasteiger charge is -2.10. The molecule has 0 saturated carbocycles. The van der Waals surface area contributed by atoms with Crippen molar-refractivity contribution in [3.05, 3.63) is 28.8 Å². The molecule has 0 bridgehead atoms. The Labute approximate surface area is 112 Å². The number of hydrogen-bond acceptors (Lipinski definition) is 3. The first kappa shape index (κ1) is 15.0. The molecule has 100 valence electrons. The fraction of sp³-hybridized carbons (Fsp3) is 0.300. The fourth-order valence-electron chi connectivity index (χ4n) is 1.10. The fourth-order valence-corrected chi connectivity index (χ4v) is 1.61. The van der Waals surface area contributed by atoms with Crippen LogP contribution in [-0.4, -0.2) is 24.6 Å². The molecule has 0 fully saturated rings. The summed E-state index contributed by atoms with van der Waals surface area (Å²) in [7, 11) is 0. The van der Waals surface area contributed by atoms with Crippen LogP contribution >= 0.6 is 23.8 Å². The number of thiocarbonyl (C=S) groups is 1. The maximum atomic E-state index is 11.7. The largest absolute Gasteiger partial charge is 0.522 e. The molecule has 0 aliphatic carbocycles. The maximum absolute atomic E-state index is 11.7. The van der Waals surface area contributed by atoms with Gasteiger partial charge in [0.25, 0.3) is 0 Å². The predicted octanol–water partition coefficient (Wildman–Crippen LogP) is 2.89. The molecule has 0 unspecified atom stereocenters. The third kappa shape index (κ3) is 5.07. The minimum atomic E-state index is -4.66. The predicted molar refractivity (Wildman–Crippen MR) is 64.8 cm³/mol. The minimum Gasteiger partial charge on any atom is -0.491 e. The van der Waals surface area contributed by atoms with Crippen molar-refractivity contribution in [2.75, 3.05) is 13.2 Å². The van der Waals surface area contributed by atoms with Crippen LogP contribution in [0.2, 0.25) is 5.02 Å². The van der Waals surface area contributed by atoms with Gasteiger partial charge >= 0.3 is 6.36 Å². The van der Waals surface area contributed by atoms with E-state index in [0.717, 1.165) is 0 Å². The number of alkyl halides is 3. The molecule has 0 heterocycles. The molecule has 0 amide bonds. The summed E-state index contributed by atoms with van der Waals surface area (Å²) in [6.07, 6.45) is -4.66. The van der Waals surface area contributed by atoms with E-state index >= 15 is 0 Å². The summed E-state index contributed by atoms with van der Waals surface area (Å²) in [5, 5.41) is 0.275. The van der Waals surface area contributed by atoms with E-state index in [9.17, 15) is 13.2 Å². The second-order valence-electron chi connectivity index (χ2n) is 3.15. The van der Waals surface area contributed by atoms with Crippen LogP contribution in [0.3, 0.4) is 0 Å². The summed E-state index contributed by atoms with van der Waals surface area (Å²) in [4.78, 5) is 0.131. The highest BCUT2D eigenvalue weighted by Gasteiger charge is 2.28. The van der Waals surface area contributed by atoms with Crippen molar-refractivity contribution in [2.45, 2.75) is 6.36 Å². The second-order valence-corrected chi connectivity index (χ2v) is 4.00. The van der Waals surface area contributed by atoms with Crippen LogP contribution in [0.25, 0.3) is 0 Å². The van der Waals surface area contributed by atoms with Crippen LogP contribution < -0.4 is 10.5 Å². The van der Waals surface area contributed by atoms with E-state index in [0.29, 0.717) is 11.3 Å². The van der Waals surface area contributed by atoms with Gasteiger partial charge in [0.15, 0.2) is 0 Å². The first-order chi connectivity index (χ1) is 8.29. The van der Waals surface area contributed by atoms with Gasteiger partial charge in [0, 0.05) is 5.56 Å². The monoisotopic (exact) mass is 299 g/mol. The summed E-state index contributed by atoms with van der Waals surface area (Å²) < 4.78 is 43.5. The van der Waals surface area contributed by atoms with Crippen molar-refractivity contribution in [2.24, 2.45) is 5.73 Å². The van der Waals surface area contributed by atoms with Gasteiger partial charge in [0.1, 0.15) is 17.3 Å². The summed E-state index contributed by atoms with van der Waals surface area (Å²) in [5.41, 5.74) is 5.87. The molecule has 0 radical (unpaired) electrons. The normalized spacial score (nSPS) is 11.3. The van der Waals surface area contributed by atoms with Gasteiger partial charge in [-0.3, -0.25) is 4.74 Å². The third-order valence-electron chi connectivity index (χ3n) is 1.82. The number of nitrogens with two attached hydrogens (primary N) is 1. The molecule has 1 aromatic carbocycles. The summed E-state index contributed by atoms with van der Waals surface area (Å²) in [5.74, 6) is 0.311. The van der Waals surface area contributed by atoms with Crippen LogP contribution in [0.4, 0.5) is 13.2 Å². The van der Waals surface area contributed by atoms with Crippen molar-refractivity contribution < 1.29 is 22.6 Å². The number of benzene rings is 1. The zero-order chi connectivity index (χ0) is 13.8. The van der Waals surface area contributed by atoms with Crippen LogP contribution in [0.15, 0.2) is 18.2 Å². The Morgan fingerprint density at radius 1 is 1.33 bits per heavy atom. The van der Waals surface area contributed by atoms with E-state index in [4.69, 9.17) is 34.3 Å². The number of hydrogen-bond donors (Lipinski definition) is 1. The first-order valence-electron chi connectivity index (χ1n) is 4.72. The average molecular weight is 300 g/mol. The van der Waals surface area contributed by atoms with Crippen LogP contribution in [0.1, 0.15) is 5.56 Å². The molecule has 0 aliphatic rings. The SMILES string of the molecule is NC(=S)c1ccc(OCCOC(F)(F)F)cc1Cl. The number of halogens is 4. The summed E-state index contributed by atoms with van der Waals surface area (Å²) in [6, 6.07) is 4.46. The number of rotatable bonds is 5. The van der Waals surface area contributed by atoms with Crippen molar-refractivity contribution in [1.82, 2.24) is 0 Å². The molecule has 0 saturated heterocycles. The molecule has 0 aliphatic heterocycles. The Kier molecular flexibility index (Phi) is 5.18. The van der Waals surface area contributed by atoms with Gasteiger partial charge < -0.3 is 10.5 Å². The lowest BCUT2D eigenvalue weighted by atomic mass is 10.2. The third-order valence-corrected chi connectivity index (χ3v) is 2.36. The van der Waals surface area contributed by atoms with E-state index in [1.165, 1.54) is 18.2 Å². The van der Waals surface area contributed by atoms with E-state index in [1.54, 1.807) is 0 Å². The van der Waals surface area contributed by atoms with Crippen molar-refractivity contribution in [1.29, 1.82) is 0 Å².